The number of likely N-dealkylation sites (N-methyl/N-ethyl adjacent to an activating group) is 1. The predicted octanol–water partition coefficient (Wildman–Crippen LogP) is 3.92. The molecular formula is C54H72ClN13O8. The average Bonchev–Trinajstić information content (AvgIpc) is 4.10. The van der Waals surface area contributed by atoms with Crippen molar-refractivity contribution in [2.75, 3.05) is 137 Å². The van der Waals surface area contributed by atoms with E-state index in [0.29, 0.717) is 146 Å². The Morgan fingerprint density at radius 3 is 2.26 bits per heavy atom. The van der Waals surface area contributed by atoms with Crippen molar-refractivity contribution in [3.05, 3.63) is 107 Å². The molecule has 22 heteroatoms. The molecule has 2 aromatic carbocycles. The smallest absolute Gasteiger partial charge is 0.270 e. The second-order valence-corrected chi connectivity index (χ2v) is 19.7. The number of benzene rings is 2. The quantitative estimate of drug-likeness (QED) is 0.0488. The van der Waals surface area contributed by atoms with E-state index in [1.165, 1.54) is 0 Å². The van der Waals surface area contributed by atoms with Crippen molar-refractivity contribution in [3.63, 3.8) is 0 Å². The molecule has 0 unspecified atom stereocenters. The van der Waals surface area contributed by atoms with E-state index in [1.54, 1.807) is 24.8 Å². The number of aromatic amines is 1. The van der Waals surface area contributed by atoms with Crippen LogP contribution in [0.4, 0.5) is 5.82 Å². The van der Waals surface area contributed by atoms with E-state index in [9.17, 15) is 14.4 Å². The number of amides is 3. The summed E-state index contributed by atoms with van der Waals surface area (Å²) in [7, 11) is 4.02. The molecule has 4 aromatic heterocycles. The first kappa shape index (κ1) is 55.9. The normalized spacial score (nSPS) is 15.4. The molecule has 0 spiro atoms. The highest BCUT2D eigenvalue weighted by Gasteiger charge is 2.39. The molecule has 2 aliphatic rings. The van der Waals surface area contributed by atoms with Crippen molar-refractivity contribution in [1.29, 1.82) is 0 Å². The molecule has 8 rings (SSSR count). The van der Waals surface area contributed by atoms with Gasteiger partial charge in [-0.25, -0.2) is 19.9 Å². The zero-order valence-electron chi connectivity index (χ0n) is 43.7. The number of carbonyl (C=O) groups is 3. The summed E-state index contributed by atoms with van der Waals surface area (Å²) in [5, 5.41) is 7.73. The van der Waals surface area contributed by atoms with E-state index in [4.69, 9.17) is 41.0 Å². The van der Waals surface area contributed by atoms with Gasteiger partial charge in [0.25, 0.3) is 5.91 Å². The number of pyridine rings is 1. The Morgan fingerprint density at radius 1 is 0.816 bits per heavy atom. The van der Waals surface area contributed by atoms with Gasteiger partial charge in [0.2, 0.25) is 11.8 Å². The molecule has 408 valence electrons. The van der Waals surface area contributed by atoms with E-state index in [2.05, 4.69) is 50.3 Å². The third-order valence-electron chi connectivity index (χ3n) is 13.7. The van der Waals surface area contributed by atoms with Crippen LogP contribution in [-0.2, 0) is 35.1 Å². The number of para-hydroxylation sites is 1. The Morgan fingerprint density at radius 2 is 1.53 bits per heavy atom. The van der Waals surface area contributed by atoms with Gasteiger partial charge in [0, 0.05) is 75.7 Å². The fourth-order valence-corrected chi connectivity index (χ4v) is 9.32. The summed E-state index contributed by atoms with van der Waals surface area (Å²) in [6.07, 6.45) is 7.07. The van der Waals surface area contributed by atoms with E-state index < -0.39 is 5.54 Å². The number of nitrogens with zero attached hydrogens (tertiary/aromatic N) is 9. The number of carbonyl (C=O) groups excluding carboxylic acids is 3. The monoisotopic (exact) mass is 1070 g/mol. The lowest BCUT2D eigenvalue weighted by Gasteiger charge is -2.39. The van der Waals surface area contributed by atoms with Crippen LogP contribution in [0, 0.1) is 0 Å². The summed E-state index contributed by atoms with van der Waals surface area (Å²) in [6.45, 7) is 9.82. The minimum Gasteiger partial charge on any atom is -0.492 e. The van der Waals surface area contributed by atoms with Crippen molar-refractivity contribution >= 4 is 57.3 Å². The van der Waals surface area contributed by atoms with E-state index in [-0.39, 0.29) is 23.8 Å². The van der Waals surface area contributed by atoms with Gasteiger partial charge in [0.15, 0.2) is 5.65 Å². The first-order chi connectivity index (χ1) is 37.0. The molecule has 0 saturated carbocycles. The van der Waals surface area contributed by atoms with Crippen molar-refractivity contribution in [3.8, 4) is 5.75 Å². The van der Waals surface area contributed by atoms with E-state index >= 15 is 0 Å². The molecule has 2 aliphatic heterocycles. The molecule has 0 radical (unpaired) electrons. The fraction of sp³-hybridized carbons (Fsp3) is 0.500. The van der Waals surface area contributed by atoms with Crippen LogP contribution in [0.3, 0.4) is 0 Å². The number of piperazine rings is 1. The first-order valence-electron chi connectivity index (χ1n) is 26.2. The van der Waals surface area contributed by atoms with Crippen LogP contribution in [-0.4, -0.2) is 200 Å². The van der Waals surface area contributed by atoms with Crippen molar-refractivity contribution in [1.82, 2.24) is 54.8 Å². The number of nitrogens with one attached hydrogen (secondary N) is 3. The zero-order chi connectivity index (χ0) is 53.1. The fourth-order valence-electron chi connectivity index (χ4n) is 9.19. The van der Waals surface area contributed by atoms with Crippen LogP contribution >= 0.6 is 11.6 Å². The first-order valence-corrected chi connectivity index (χ1v) is 26.6. The zero-order valence-corrected chi connectivity index (χ0v) is 44.4. The number of H-pyrrole nitrogens is 1. The SMILES string of the molecule is CN(C)CCOc1ccccc1Cn1cnc2ccc(C(=O)NCCOCCOCCOCCOCCC(=O)N3CCN(CC[C@H](NC(=O)C4(N)CCN(c5ncnc6[nH]ccc56)CC4)c4ccc(Cl)cc4)CC3)nc21. The topological polar surface area (TPSA) is 233 Å². The Kier molecular flexibility index (Phi) is 20.7. The van der Waals surface area contributed by atoms with Gasteiger partial charge in [0.1, 0.15) is 41.4 Å². The molecule has 1 atom stereocenters. The average molecular weight is 1070 g/mol. The van der Waals surface area contributed by atoms with Gasteiger partial charge in [0.05, 0.1) is 89.1 Å². The summed E-state index contributed by atoms with van der Waals surface area (Å²) < 4.78 is 30.5. The van der Waals surface area contributed by atoms with Gasteiger partial charge in [-0.15, -0.1) is 0 Å². The lowest BCUT2D eigenvalue weighted by molar-refractivity contribution is -0.134. The van der Waals surface area contributed by atoms with E-state index in [1.807, 2.05) is 84.4 Å². The Bertz CT molecular complexity index is 2780. The molecular weight excluding hydrogens is 994 g/mol. The third kappa shape index (κ3) is 15.9. The molecule has 76 heavy (non-hydrogen) atoms. The number of anilines is 1. The number of hydrogen-bond donors (Lipinski definition) is 4. The highest BCUT2D eigenvalue weighted by molar-refractivity contribution is 6.30. The number of piperidine rings is 1. The number of halogens is 1. The highest BCUT2D eigenvalue weighted by Crippen LogP contribution is 2.30. The molecule has 5 N–H and O–H groups in total. The van der Waals surface area contributed by atoms with Crippen LogP contribution in [0.5, 0.6) is 5.75 Å². The number of rotatable bonds is 29. The van der Waals surface area contributed by atoms with Gasteiger partial charge in [-0.1, -0.05) is 41.9 Å². The van der Waals surface area contributed by atoms with Gasteiger partial charge in [-0.2, -0.15) is 0 Å². The largest absolute Gasteiger partial charge is 0.492 e. The molecule has 6 heterocycles. The number of nitrogens with two attached hydrogens (primary N) is 1. The highest BCUT2D eigenvalue weighted by atomic mass is 35.5. The number of aromatic nitrogens is 6. The molecule has 2 fully saturated rings. The van der Waals surface area contributed by atoms with Gasteiger partial charge in [-0.05, 0) is 75.3 Å². The van der Waals surface area contributed by atoms with Crippen LogP contribution < -0.4 is 26.0 Å². The number of imidazole rings is 1. The van der Waals surface area contributed by atoms with Crippen LogP contribution in [0.2, 0.25) is 5.02 Å². The lowest BCUT2D eigenvalue weighted by Crippen LogP contribution is -2.60. The van der Waals surface area contributed by atoms with Crippen molar-refractivity contribution in [2.24, 2.45) is 5.73 Å². The maximum Gasteiger partial charge on any atom is 0.270 e. The van der Waals surface area contributed by atoms with Gasteiger partial charge in [-0.3, -0.25) is 19.3 Å². The van der Waals surface area contributed by atoms with Gasteiger partial charge < -0.3 is 64.3 Å². The minimum absolute atomic E-state index is 0.0656. The van der Waals surface area contributed by atoms with Crippen molar-refractivity contribution in [2.45, 2.75) is 43.8 Å². The second kappa shape index (κ2) is 28.2. The second-order valence-electron chi connectivity index (χ2n) is 19.3. The number of fused-ring (bicyclic) bond motifs is 2. The molecule has 0 aliphatic carbocycles. The maximum absolute atomic E-state index is 13.9. The summed E-state index contributed by atoms with van der Waals surface area (Å²) in [5.74, 6) is 1.25. The summed E-state index contributed by atoms with van der Waals surface area (Å²) in [6, 6.07) is 20.6. The molecule has 21 nitrogen and oxygen atoms in total. The predicted molar refractivity (Wildman–Crippen MR) is 290 cm³/mol. The van der Waals surface area contributed by atoms with Gasteiger partial charge >= 0.3 is 0 Å². The summed E-state index contributed by atoms with van der Waals surface area (Å²) in [5.41, 5.74) is 10.2. The molecule has 0 bridgehead atoms. The molecule has 2 saturated heterocycles. The summed E-state index contributed by atoms with van der Waals surface area (Å²) >= 11 is 6.24. The van der Waals surface area contributed by atoms with Crippen LogP contribution in [0.25, 0.3) is 22.2 Å². The van der Waals surface area contributed by atoms with Crippen molar-refractivity contribution < 1.29 is 38.1 Å². The minimum atomic E-state index is -1.02. The standard InChI is InChI=1S/C54H72ClN13O8/c1-64(2)27-30-76-47-6-4-3-5-41(47)37-68-39-61-45-11-12-46(62-51(45)68)52(70)58-19-29-73-32-34-75-36-35-74-33-31-72-28-15-48(69)66-25-23-65(24-26-66)20-14-44(40-7-9-42(55)10-8-40)63-53(71)54(56)16-21-67(22-17-54)50-43-13-18-57-49(43)59-38-60-50/h3-13,18,38-39,44H,14-17,19-37,56H2,1-2H3,(H,58,70)(H,63,71)(H,57,59,60)/t44-/m0/s1. The lowest BCUT2D eigenvalue weighted by atomic mass is 9.87. The third-order valence-corrected chi connectivity index (χ3v) is 13.9. The Balaban J connectivity index is 0.635. The Hall–Kier alpha value is -6.30. The van der Waals surface area contributed by atoms with Crippen LogP contribution in [0.1, 0.15) is 53.3 Å². The van der Waals surface area contributed by atoms with E-state index in [0.717, 1.165) is 59.9 Å². The summed E-state index contributed by atoms with van der Waals surface area (Å²) in [4.78, 5) is 69.4. The molecule has 6 aromatic rings. The number of hydrogen-bond acceptors (Lipinski definition) is 16. The van der Waals surface area contributed by atoms with Crippen LogP contribution in [0.15, 0.2) is 85.6 Å². The number of ether oxygens (including phenoxy) is 5. The Labute approximate surface area is 448 Å². The molecule has 3 amide bonds. The maximum atomic E-state index is 13.9.